The van der Waals surface area contributed by atoms with E-state index in [-0.39, 0.29) is 23.3 Å². The molecule has 0 bridgehead atoms. The van der Waals surface area contributed by atoms with Gasteiger partial charge in [-0.3, -0.25) is 9.59 Å². The summed E-state index contributed by atoms with van der Waals surface area (Å²) in [7, 11) is 0. The van der Waals surface area contributed by atoms with Crippen molar-refractivity contribution in [1.29, 1.82) is 0 Å². The number of carbonyl (C=O) groups is 2. The van der Waals surface area contributed by atoms with Crippen molar-refractivity contribution < 1.29 is 9.59 Å². The van der Waals surface area contributed by atoms with Gasteiger partial charge in [0.2, 0.25) is 11.8 Å². The van der Waals surface area contributed by atoms with Crippen LogP contribution in [0.4, 0.5) is 0 Å². The standard InChI is InChI=1S/C16H29N3O2/c1-16(2,3)15(21)18-8-4-5-14(20)19-9-11-6-7-13(17)12(11)10-19/h11-13H,4-10,17H2,1-3H3,(H,18,21). The Morgan fingerprint density at radius 2 is 1.95 bits per heavy atom. The molecule has 120 valence electrons. The van der Waals surface area contributed by atoms with Crippen LogP contribution in [0.25, 0.3) is 0 Å². The summed E-state index contributed by atoms with van der Waals surface area (Å²) in [6.45, 7) is 7.95. The summed E-state index contributed by atoms with van der Waals surface area (Å²) in [5, 5.41) is 2.89. The van der Waals surface area contributed by atoms with Crippen molar-refractivity contribution in [3.8, 4) is 0 Å². The molecule has 2 amide bonds. The third kappa shape index (κ3) is 3.96. The van der Waals surface area contributed by atoms with Crippen molar-refractivity contribution >= 4 is 11.8 Å². The number of fused-ring (bicyclic) bond motifs is 1. The summed E-state index contributed by atoms with van der Waals surface area (Å²) >= 11 is 0. The van der Waals surface area contributed by atoms with Crippen molar-refractivity contribution in [2.75, 3.05) is 19.6 Å². The average Bonchev–Trinajstić information content (AvgIpc) is 2.96. The van der Waals surface area contributed by atoms with Crippen LogP contribution in [0.2, 0.25) is 0 Å². The van der Waals surface area contributed by atoms with E-state index >= 15 is 0 Å². The molecule has 1 aliphatic heterocycles. The highest BCUT2D eigenvalue weighted by atomic mass is 16.2. The number of likely N-dealkylation sites (tertiary alicyclic amines) is 1. The maximum absolute atomic E-state index is 12.2. The zero-order valence-electron chi connectivity index (χ0n) is 13.5. The molecule has 0 aromatic rings. The molecule has 5 nitrogen and oxygen atoms in total. The summed E-state index contributed by atoms with van der Waals surface area (Å²) in [5.74, 6) is 1.37. The lowest BCUT2D eigenvalue weighted by molar-refractivity contribution is -0.131. The van der Waals surface area contributed by atoms with E-state index in [9.17, 15) is 9.59 Å². The minimum absolute atomic E-state index is 0.0385. The van der Waals surface area contributed by atoms with Gasteiger partial charge in [-0.15, -0.1) is 0 Å². The van der Waals surface area contributed by atoms with Crippen LogP contribution in [0.5, 0.6) is 0 Å². The number of nitrogens with two attached hydrogens (primary N) is 1. The van der Waals surface area contributed by atoms with E-state index in [0.717, 1.165) is 25.9 Å². The van der Waals surface area contributed by atoms with Crippen LogP contribution in [0.3, 0.4) is 0 Å². The molecule has 1 heterocycles. The maximum Gasteiger partial charge on any atom is 0.225 e. The van der Waals surface area contributed by atoms with Crippen molar-refractivity contribution in [2.45, 2.75) is 52.5 Å². The van der Waals surface area contributed by atoms with Gasteiger partial charge in [-0.25, -0.2) is 0 Å². The summed E-state index contributed by atoms with van der Waals surface area (Å²) in [6, 6.07) is 0.277. The van der Waals surface area contributed by atoms with Crippen molar-refractivity contribution in [3.63, 3.8) is 0 Å². The van der Waals surface area contributed by atoms with Crippen molar-refractivity contribution in [1.82, 2.24) is 10.2 Å². The first-order chi connectivity index (χ1) is 9.79. The van der Waals surface area contributed by atoms with E-state index in [0.29, 0.717) is 31.2 Å². The lowest BCUT2D eigenvalue weighted by Gasteiger charge is -2.20. The largest absolute Gasteiger partial charge is 0.356 e. The molecule has 3 unspecified atom stereocenters. The van der Waals surface area contributed by atoms with Gasteiger partial charge < -0.3 is 16.0 Å². The van der Waals surface area contributed by atoms with Crippen LogP contribution in [0, 0.1) is 17.3 Å². The van der Waals surface area contributed by atoms with Gasteiger partial charge in [0, 0.05) is 37.5 Å². The van der Waals surface area contributed by atoms with Gasteiger partial charge in [0.1, 0.15) is 0 Å². The monoisotopic (exact) mass is 295 g/mol. The Morgan fingerprint density at radius 1 is 1.24 bits per heavy atom. The second kappa shape index (κ2) is 6.34. The van der Waals surface area contributed by atoms with Gasteiger partial charge in [-0.1, -0.05) is 20.8 Å². The molecule has 21 heavy (non-hydrogen) atoms. The minimum atomic E-state index is -0.369. The van der Waals surface area contributed by atoms with E-state index < -0.39 is 0 Å². The fourth-order valence-electron chi connectivity index (χ4n) is 3.38. The van der Waals surface area contributed by atoms with Crippen molar-refractivity contribution in [2.24, 2.45) is 23.0 Å². The van der Waals surface area contributed by atoms with Crippen LogP contribution in [0.1, 0.15) is 46.5 Å². The number of carbonyl (C=O) groups excluding carboxylic acids is 2. The molecule has 1 aliphatic carbocycles. The predicted octanol–water partition coefficient (Wildman–Crippen LogP) is 1.12. The van der Waals surface area contributed by atoms with E-state index in [1.54, 1.807) is 0 Å². The third-order valence-corrected chi connectivity index (χ3v) is 4.80. The first-order valence-corrected chi connectivity index (χ1v) is 8.10. The van der Waals surface area contributed by atoms with E-state index in [1.807, 2.05) is 25.7 Å². The van der Waals surface area contributed by atoms with E-state index in [4.69, 9.17) is 5.73 Å². The fraction of sp³-hybridized carbons (Fsp3) is 0.875. The second-order valence-corrected chi connectivity index (χ2v) is 7.57. The Labute approximate surface area is 127 Å². The lowest BCUT2D eigenvalue weighted by Crippen LogP contribution is -2.36. The summed E-state index contributed by atoms with van der Waals surface area (Å²) in [5.41, 5.74) is 5.72. The first kappa shape index (κ1) is 16.3. The minimum Gasteiger partial charge on any atom is -0.356 e. The topological polar surface area (TPSA) is 75.4 Å². The Bertz CT molecular complexity index is 403. The molecule has 2 fully saturated rings. The molecule has 2 aliphatic rings. The molecule has 0 aromatic heterocycles. The van der Waals surface area contributed by atoms with Gasteiger partial charge >= 0.3 is 0 Å². The smallest absolute Gasteiger partial charge is 0.225 e. The number of rotatable bonds is 4. The molecule has 1 saturated carbocycles. The van der Waals surface area contributed by atoms with Crippen LogP contribution in [-0.4, -0.2) is 42.4 Å². The Balaban J connectivity index is 1.66. The molecular formula is C16H29N3O2. The van der Waals surface area contributed by atoms with Gasteiger partial charge in [0.15, 0.2) is 0 Å². The fourth-order valence-corrected chi connectivity index (χ4v) is 3.38. The summed E-state index contributed by atoms with van der Waals surface area (Å²) in [6.07, 6.45) is 3.49. The molecule has 0 aromatic carbocycles. The van der Waals surface area contributed by atoms with Crippen LogP contribution in [-0.2, 0) is 9.59 Å². The average molecular weight is 295 g/mol. The van der Waals surface area contributed by atoms with Crippen LogP contribution < -0.4 is 11.1 Å². The molecule has 0 radical (unpaired) electrons. The number of hydrogen-bond acceptors (Lipinski definition) is 3. The molecule has 5 heteroatoms. The zero-order chi connectivity index (χ0) is 15.6. The van der Waals surface area contributed by atoms with Crippen LogP contribution in [0.15, 0.2) is 0 Å². The number of nitrogens with one attached hydrogen (secondary N) is 1. The van der Waals surface area contributed by atoms with Crippen molar-refractivity contribution in [3.05, 3.63) is 0 Å². The highest BCUT2D eigenvalue weighted by molar-refractivity contribution is 5.81. The highest BCUT2D eigenvalue weighted by Gasteiger charge is 2.42. The number of amides is 2. The van der Waals surface area contributed by atoms with Gasteiger partial charge in [-0.2, -0.15) is 0 Å². The highest BCUT2D eigenvalue weighted by Crippen LogP contribution is 2.37. The zero-order valence-corrected chi connectivity index (χ0v) is 13.5. The third-order valence-electron chi connectivity index (χ3n) is 4.80. The summed E-state index contributed by atoms with van der Waals surface area (Å²) < 4.78 is 0. The van der Waals surface area contributed by atoms with E-state index in [1.165, 1.54) is 0 Å². The van der Waals surface area contributed by atoms with E-state index in [2.05, 4.69) is 5.32 Å². The Kier molecular flexibility index (Phi) is 4.91. The quantitative estimate of drug-likeness (QED) is 0.763. The van der Waals surface area contributed by atoms with Gasteiger partial charge in [-0.05, 0) is 31.1 Å². The van der Waals surface area contributed by atoms with Gasteiger partial charge in [0.05, 0.1) is 0 Å². The molecule has 0 spiro atoms. The maximum atomic E-state index is 12.2. The molecule has 2 rings (SSSR count). The van der Waals surface area contributed by atoms with Gasteiger partial charge in [0.25, 0.3) is 0 Å². The Hall–Kier alpha value is -1.10. The SMILES string of the molecule is CC(C)(C)C(=O)NCCCC(=O)N1CC2CCC(N)C2C1. The molecule has 3 atom stereocenters. The number of hydrogen-bond donors (Lipinski definition) is 2. The summed E-state index contributed by atoms with van der Waals surface area (Å²) in [4.78, 5) is 25.9. The molecular weight excluding hydrogens is 266 g/mol. The molecule has 1 saturated heterocycles. The second-order valence-electron chi connectivity index (χ2n) is 7.57. The number of nitrogens with zero attached hydrogens (tertiary/aromatic N) is 1. The lowest BCUT2D eigenvalue weighted by atomic mass is 9.96. The first-order valence-electron chi connectivity index (χ1n) is 8.10. The predicted molar refractivity (Wildman–Crippen MR) is 82.5 cm³/mol. The normalized spacial score (nSPS) is 28.6. The Morgan fingerprint density at radius 3 is 2.57 bits per heavy atom. The molecule has 3 N–H and O–H groups in total. The van der Waals surface area contributed by atoms with Crippen LogP contribution >= 0.6 is 0 Å².